The molecule has 3 heteroatoms. The van der Waals surface area contributed by atoms with Gasteiger partial charge in [0.2, 0.25) is 0 Å². The normalized spacial score (nSPS) is 14.5. The number of nitrogens with zero attached hydrogens (tertiary/aromatic N) is 1. The predicted octanol–water partition coefficient (Wildman–Crippen LogP) is 4.10. The third-order valence-electron chi connectivity index (χ3n) is 4.01. The molecule has 0 heterocycles. The lowest BCUT2D eigenvalue weighted by atomic mass is 9.99. The lowest BCUT2D eigenvalue weighted by Gasteiger charge is -2.32. The number of hydrogen-bond acceptors (Lipinski definition) is 2. The number of nitrogens with two attached hydrogens (primary N) is 1. The SMILES string of the molecule is CCC(N)Cc1cccc(Cl)c1N(C)C(C)C(C)C. The number of anilines is 1. The molecule has 2 unspecified atom stereocenters. The van der Waals surface area contributed by atoms with Gasteiger partial charge in [0.15, 0.2) is 0 Å². The molecular weight excluding hydrogens is 256 g/mol. The number of para-hydroxylation sites is 1. The highest BCUT2D eigenvalue weighted by Crippen LogP contribution is 2.32. The minimum Gasteiger partial charge on any atom is -0.370 e. The lowest BCUT2D eigenvalue weighted by molar-refractivity contribution is 0.504. The van der Waals surface area contributed by atoms with Crippen molar-refractivity contribution in [3.8, 4) is 0 Å². The molecule has 108 valence electrons. The molecule has 0 fully saturated rings. The maximum atomic E-state index is 6.42. The number of halogens is 1. The van der Waals surface area contributed by atoms with Gasteiger partial charge in [-0.25, -0.2) is 0 Å². The van der Waals surface area contributed by atoms with Gasteiger partial charge in [-0.2, -0.15) is 0 Å². The van der Waals surface area contributed by atoms with Gasteiger partial charge in [0.05, 0.1) is 10.7 Å². The molecule has 0 aliphatic carbocycles. The fourth-order valence-electron chi connectivity index (χ4n) is 2.20. The first-order chi connectivity index (χ1) is 8.88. The van der Waals surface area contributed by atoms with E-state index in [0.717, 1.165) is 23.6 Å². The van der Waals surface area contributed by atoms with Gasteiger partial charge >= 0.3 is 0 Å². The zero-order valence-corrected chi connectivity index (χ0v) is 13.5. The Kier molecular flexibility index (Phi) is 6.15. The summed E-state index contributed by atoms with van der Waals surface area (Å²) in [4.78, 5) is 2.28. The van der Waals surface area contributed by atoms with Gasteiger partial charge in [-0.1, -0.05) is 44.5 Å². The quantitative estimate of drug-likeness (QED) is 0.851. The summed E-state index contributed by atoms with van der Waals surface area (Å²) in [5.41, 5.74) is 8.48. The van der Waals surface area contributed by atoms with Crippen molar-refractivity contribution < 1.29 is 0 Å². The van der Waals surface area contributed by atoms with Gasteiger partial charge in [-0.3, -0.25) is 0 Å². The Bertz CT molecular complexity index is 404. The first kappa shape index (κ1) is 16.3. The van der Waals surface area contributed by atoms with Crippen molar-refractivity contribution >= 4 is 17.3 Å². The third-order valence-corrected chi connectivity index (χ3v) is 4.31. The van der Waals surface area contributed by atoms with E-state index >= 15 is 0 Å². The van der Waals surface area contributed by atoms with Crippen molar-refractivity contribution in [2.24, 2.45) is 11.7 Å². The second kappa shape index (κ2) is 7.16. The molecule has 0 spiro atoms. The predicted molar refractivity (Wildman–Crippen MR) is 86.1 cm³/mol. The van der Waals surface area contributed by atoms with Gasteiger partial charge < -0.3 is 10.6 Å². The van der Waals surface area contributed by atoms with Crippen molar-refractivity contribution in [1.82, 2.24) is 0 Å². The molecule has 0 saturated heterocycles. The smallest absolute Gasteiger partial charge is 0.0642 e. The van der Waals surface area contributed by atoms with Crippen LogP contribution in [0.15, 0.2) is 18.2 Å². The topological polar surface area (TPSA) is 29.3 Å². The minimum atomic E-state index is 0.194. The summed E-state index contributed by atoms with van der Waals surface area (Å²) in [6, 6.07) is 6.75. The Balaban J connectivity index is 3.10. The van der Waals surface area contributed by atoms with E-state index in [1.807, 2.05) is 12.1 Å². The van der Waals surface area contributed by atoms with Crippen LogP contribution in [-0.2, 0) is 6.42 Å². The molecular formula is C16H27ClN2. The van der Waals surface area contributed by atoms with Crippen LogP contribution < -0.4 is 10.6 Å². The molecule has 2 atom stereocenters. The zero-order chi connectivity index (χ0) is 14.6. The van der Waals surface area contributed by atoms with Crippen molar-refractivity contribution in [1.29, 1.82) is 0 Å². The van der Waals surface area contributed by atoms with Crippen LogP contribution >= 0.6 is 11.6 Å². The Morgan fingerprint density at radius 3 is 2.42 bits per heavy atom. The Hall–Kier alpha value is -0.730. The summed E-state index contributed by atoms with van der Waals surface area (Å²) >= 11 is 6.42. The maximum absolute atomic E-state index is 6.42. The maximum Gasteiger partial charge on any atom is 0.0642 e. The molecule has 0 bridgehead atoms. The van der Waals surface area contributed by atoms with E-state index < -0.39 is 0 Å². The molecule has 1 aromatic carbocycles. The van der Waals surface area contributed by atoms with Crippen LogP contribution in [0.1, 0.15) is 39.7 Å². The van der Waals surface area contributed by atoms with Crippen LogP contribution in [0.4, 0.5) is 5.69 Å². The number of benzene rings is 1. The average molecular weight is 283 g/mol. The molecule has 0 aliphatic rings. The largest absolute Gasteiger partial charge is 0.370 e. The molecule has 0 saturated carbocycles. The van der Waals surface area contributed by atoms with Crippen molar-refractivity contribution in [3.05, 3.63) is 28.8 Å². The fraction of sp³-hybridized carbons (Fsp3) is 0.625. The molecule has 19 heavy (non-hydrogen) atoms. The lowest BCUT2D eigenvalue weighted by Crippen LogP contribution is -2.34. The van der Waals surface area contributed by atoms with Crippen LogP contribution in [0.25, 0.3) is 0 Å². The molecule has 1 rings (SSSR count). The summed E-state index contributed by atoms with van der Waals surface area (Å²) in [7, 11) is 2.12. The van der Waals surface area contributed by atoms with Crippen LogP contribution in [0, 0.1) is 5.92 Å². The molecule has 2 nitrogen and oxygen atoms in total. The zero-order valence-electron chi connectivity index (χ0n) is 12.8. The monoisotopic (exact) mass is 282 g/mol. The first-order valence-corrected chi connectivity index (χ1v) is 7.52. The second-order valence-corrected chi connectivity index (χ2v) is 6.12. The van der Waals surface area contributed by atoms with E-state index in [-0.39, 0.29) is 6.04 Å². The fourth-order valence-corrected chi connectivity index (χ4v) is 2.52. The minimum absolute atomic E-state index is 0.194. The van der Waals surface area contributed by atoms with Gasteiger partial charge in [0.25, 0.3) is 0 Å². The van der Waals surface area contributed by atoms with Crippen molar-refractivity contribution in [2.45, 2.75) is 52.6 Å². The van der Waals surface area contributed by atoms with Gasteiger partial charge in [0, 0.05) is 19.1 Å². The van der Waals surface area contributed by atoms with Gasteiger partial charge in [0.1, 0.15) is 0 Å². The number of hydrogen-bond donors (Lipinski definition) is 1. The molecule has 0 radical (unpaired) electrons. The van der Waals surface area contributed by atoms with Crippen LogP contribution in [0.3, 0.4) is 0 Å². The summed E-state index contributed by atoms with van der Waals surface area (Å²) < 4.78 is 0. The molecule has 0 aromatic heterocycles. The van der Waals surface area contributed by atoms with Crippen LogP contribution in [-0.4, -0.2) is 19.1 Å². The van der Waals surface area contributed by atoms with E-state index in [9.17, 15) is 0 Å². The summed E-state index contributed by atoms with van der Waals surface area (Å²) in [5.74, 6) is 0.578. The molecule has 0 amide bonds. The van der Waals surface area contributed by atoms with Crippen LogP contribution in [0.5, 0.6) is 0 Å². The summed E-state index contributed by atoms with van der Waals surface area (Å²) in [6.45, 7) is 8.82. The summed E-state index contributed by atoms with van der Waals surface area (Å²) in [5, 5.41) is 0.816. The summed E-state index contributed by atoms with van der Waals surface area (Å²) in [6.07, 6.45) is 1.86. The first-order valence-electron chi connectivity index (χ1n) is 7.14. The molecule has 1 aromatic rings. The molecule has 2 N–H and O–H groups in total. The average Bonchev–Trinajstić information content (AvgIpc) is 2.37. The van der Waals surface area contributed by atoms with E-state index in [1.54, 1.807) is 0 Å². The Labute approximate surface area is 122 Å². The van der Waals surface area contributed by atoms with E-state index in [4.69, 9.17) is 17.3 Å². The molecule has 0 aliphatic heterocycles. The Morgan fingerprint density at radius 1 is 1.26 bits per heavy atom. The number of rotatable bonds is 6. The van der Waals surface area contributed by atoms with E-state index in [0.29, 0.717) is 12.0 Å². The highest BCUT2D eigenvalue weighted by Gasteiger charge is 2.19. The van der Waals surface area contributed by atoms with E-state index in [1.165, 1.54) is 5.56 Å². The van der Waals surface area contributed by atoms with Gasteiger partial charge in [-0.15, -0.1) is 0 Å². The van der Waals surface area contributed by atoms with Crippen LogP contribution in [0.2, 0.25) is 5.02 Å². The highest BCUT2D eigenvalue weighted by molar-refractivity contribution is 6.33. The third kappa shape index (κ3) is 4.12. The Morgan fingerprint density at radius 2 is 1.89 bits per heavy atom. The second-order valence-electron chi connectivity index (χ2n) is 5.72. The highest BCUT2D eigenvalue weighted by atomic mass is 35.5. The van der Waals surface area contributed by atoms with Gasteiger partial charge in [-0.05, 0) is 37.3 Å². The standard InChI is InChI=1S/C16H27ClN2/c1-6-14(18)10-13-8-7-9-15(17)16(13)19(5)12(4)11(2)3/h7-9,11-12,14H,6,10,18H2,1-5H3. The van der Waals surface area contributed by atoms with Crippen molar-refractivity contribution in [3.63, 3.8) is 0 Å². The van der Waals surface area contributed by atoms with Crippen molar-refractivity contribution in [2.75, 3.05) is 11.9 Å². The van der Waals surface area contributed by atoms with E-state index in [2.05, 4.69) is 45.7 Å².